The first-order valence-corrected chi connectivity index (χ1v) is 7.91. The van der Waals surface area contributed by atoms with Gasteiger partial charge in [0.2, 0.25) is 0 Å². The van der Waals surface area contributed by atoms with Crippen molar-refractivity contribution in [2.45, 2.75) is 0 Å². The highest BCUT2D eigenvalue weighted by molar-refractivity contribution is 5.81. The highest BCUT2D eigenvalue weighted by Crippen LogP contribution is 2.20. The standard InChI is InChI=1S/C19H19FN4O/c1-24(11-10-20)18-8-2-15(3-9-18)12-22-23-17-6-4-16(5-7-17)19-13-21-14-25-19/h2-9,12-14,23H,10-11H2,1H3/b22-12+. The predicted molar refractivity (Wildman–Crippen MR) is 98.8 cm³/mol. The summed E-state index contributed by atoms with van der Waals surface area (Å²) < 4.78 is 17.6. The molecular weight excluding hydrogens is 319 g/mol. The Morgan fingerprint density at radius 3 is 2.56 bits per heavy atom. The third-order valence-corrected chi connectivity index (χ3v) is 3.76. The van der Waals surface area contributed by atoms with E-state index >= 15 is 0 Å². The van der Waals surface area contributed by atoms with Gasteiger partial charge in [-0.25, -0.2) is 9.37 Å². The fourth-order valence-electron chi connectivity index (χ4n) is 2.32. The molecule has 2 aromatic carbocycles. The number of hydrazone groups is 1. The molecule has 25 heavy (non-hydrogen) atoms. The maximum absolute atomic E-state index is 12.4. The second-order valence-corrected chi connectivity index (χ2v) is 5.52. The first kappa shape index (κ1) is 16.7. The average molecular weight is 338 g/mol. The van der Waals surface area contributed by atoms with E-state index in [1.54, 1.807) is 12.4 Å². The lowest BCUT2D eigenvalue weighted by Gasteiger charge is -2.17. The van der Waals surface area contributed by atoms with Crippen molar-refractivity contribution in [3.63, 3.8) is 0 Å². The molecule has 0 aliphatic heterocycles. The third-order valence-electron chi connectivity index (χ3n) is 3.76. The molecule has 0 aliphatic rings. The number of hydrogen-bond acceptors (Lipinski definition) is 5. The zero-order chi connectivity index (χ0) is 17.5. The van der Waals surface area contributed by atoms with E-state index in [0.717, 1.165) is 28.3 Å². The molecule has 0 atom stereocenters. The molecule has 5 nitrogen and oxygen atoms in total. The quantitative estimate of drug-likeness (QED) is 0.518. The molecule has 0 unspecified atom stereocenters. The summed E-state index contributed by atoms with van der Waals surface area (Å²) in [7, 11) is 1.87. The number of hydrogen-bond donors (Lipinski definition) is 1. The van der Waals surface area contributed by atoms with Crippen molar-refractivity contribution in [1.82, 2.24) is 4.98 Å². The first-order chi connectivity index (χ1) is 12.3. The summed E-state index contributed by atoms with van der Waals surface area (Å²) in [5, 5.41) is 4.23. The Morgan fingerprint density at radius 1 is 1.16 bits per heavy atom. The Balaban J connectivity index is 1.57. The van der Waals surface area contributed by atoms with Crippen molar-refractivity contribution in [1.29, 1.82) is 0 Å². The van der Waals surface area contributed by atoms with Gasteiger partial charge in [0.05, 0.1) is 18.1 Å². The molecule has 0 saturated carbocycles. The normalized spacial score (nSPS) is 11.0. The van der Waals surface area contributed by atoms with Crippen LogP contribution >= 0.6 is 0 Å². The lowest BCUT2D eigenvalue weighted by atomic mass is 10.2. The lowest BCUT2D eigenvalue weighted by molar-refractivity contribution is 0.497. The Morgan fingerprint density at radius 2 is 1.92 bits per heavy atom. The smallest absolute Gasteiger partial charge is 0.181 e. The van der Waals surface area contributed by atoms with Crippen molar-refractivity contribution >= 4 is 17.6 Å². The predicted octanol–water partition coefficient (Wildman–Crippen LogP) is 4.19. The van der Waals surface area contributed by atoms with Gasteiger partial charge in [0.15, 0.2) is 12.2 Å². The van der Waals surface area contributed by atoms with Crippen LogP contribution in [0.1, 0.15) is 5.56 Å². The van der Waals surface area contributed by atoms with Crippen molar-refractivity contribution in [3.05, 3.63) is 66.7 Å². The van der Waals surface area contributed by atoms with Crippen molar-refractivity contribution in [2.24, 2.45) is 5.10 Å². The Bertz CT molecular complexity index is 798. The highest BCUT2D eigenvalue weighted by atomic mass is 19.1. The molecule has 128 valence electrons. The summed E-state index contributed by atoms with van der Waals surface area (Å²) in [6.45, 7) is 0.0257. The molecule has 0 radical (unpaired) electrons. The maximum Gasteiger partial charge on any atom is 0.181 e. The molecule has 6 heteroatoms. The molecule has 3 rings (SSSR count). The van der Waals surface area contributed by atoms with E-state index in [-0.39, 0.29) is 6.67 Å². The van der Waals surface area contributed by atoms with Gasteiger partial charge in [-0.2, -0.15) is 5.10 Å². The van der Waals surface area contributed by atoms with Gasteiger partial charge in [-0.1, -0.05) is 12.1 Å². The number of nitrogens with zero attached hydrogens (tertiary/aromatic N) is 3. The monoisotopic (exact) mass is 338 g/mol. The number of aromatic nitrogens is 1. The van der Waals surface area contributed by atoms with Gasteiger partial charge in [-0.05, 0) is 42.0 Å². The molecule has 1 aromatic heterocycles. The Labute approximate surface area is 145 Å². The largest absolute Gasteiger partial charge is 0.444 e. The van der Waals surface area contributed by atoms with Crippen LogP contribution in [0.4, 0.5) is 15.8 Å². The number of benzene rings is 2. The van der Waals surface area contributed by atoms with Crippen LogP contribution in [0, 0.1) is 0 Å². The first-order valence-electron chi connectivity index (χ1n) is 7.91. The van der Waals surface area contributed by atoms with Gasteiger partial charge in [0, 0.05) is 24.8 Å². The molecule has 0 amide bonds. The van der Waals surface area contributed by atoms with Crippen LogP contribution in [-0.2, 0) is 0 Å². The average Bonchev–Trinajstić information content (AvgIpc) is 3.18. The SMILES string of the molecule is CN(CCF)c1ccc(/C=N/Nc2ccc(-c3cnco3)cc2)cc1. The van der Waals surface area contributed by atoms with Crippen LogP contribution in [0.25, 0.3) is 11.3 Å². The molecule has 0 spiro atoms. The summed E-state index contributed by atoms with van der Waals surface area (Å²) in [6, 6.07) is 15.5. The Kier molecular flexibility index (Phi) is 5.41. The fraction of sp³-hybridized carbons (Fsp3) is 0.158. The zero-order valence-corrected chi connectivity index (χ0v) is 13.9. The van der Waals surface area contributed by atoms with Gasteiger partial charge < -0.3 is 9.32 Å². The van der Waals surface area contributed by atoms with Crippen molar-refractivity contribution in [2.75, 3.05) is 30.6 Å². The van der Waals surface area contributed by atoms with E-state index in [1.165, 1.54) is 6.39 Å². The number of alkyl halides is 1. The molecule has 0 aliphatic carbocycles. The number of rotatable bonds is 7. The summed E-state index contributed by atoms with van der Waals surface area (Å²) in [5.41, 5.74) is 6.76. The lowest BCUT2D eigenvalue weighted by Crippen LogP contribution is -2.19. The zero-order valence-electron chi connectivity index (χ0n) is 13.9. The topological polar surface area (TPSA) is 53.7 Å². The van der Waals surface area contributed by atoms with Crippen molar-refractivity contribution < 1.29 is 8.81 Å². The minimum Gasteiger partial charge on any atom is -0.444 e. The molecule has 0 bridgehead atoms. The van der Waals surface area contributed by atoms with Gasteiger partial charge in [0.1, 0.15) is 6.67 Å². The summed E-state index contributed by atoms with van der Waals surface area (Å²) in [4.78, 5) is 5.77. The minimum absolute atomic E-state index is 0.362. The van der Waals surface area contributed by atoms with Crippen molar-refractivity contribution in [3.8, 4) is 11.3 Å². The second kappa shape index (κ2) is 8.10. The van der Waals surface area contributed by atoms with Gasteiger partial charge in [0.25, 0.3) is 0 Å². The van der Waals surface area contributed by atoms with E-state index < -0.39 is 0 Å². The van der Waals surface area contributed by atoms with Crippen LogP contribution in [0.5, 0.6) is 0 Å². The highest BCUT2D eigenvalue weighted by Gasteiger charge is 2.01. The van der Waals surface area contributed by atoms with E-state index in [0.29, 0.717) is 6.54 Å². The molecule has 0 saturated heterocycles. The molecule has 1 heterocycles. The molecule has 1 N–H and O–H groups in total. The second-order valence-electron chi connectivity index (χ2n) is 5.52. The van der Waals surface area contributed by atoms with Gasteiger partial charge in [-0.3, -0.25) is 5.43 Å². The molecule has 0 fully saturated rings. The fourth-order valence-corrected chi connectivity index (χ4v) is 2.32. The van der Waals surface area contributed by atoms with Gasteiger partial charge >= 0.3 is 0 Å². The number of oxazole rings is 1. The van der Waals surface area contributed by atoms with Crippen LogP contribution < -0.4 is 10.3 Å². The van der Waals surface area contributed by atoms with Crippen LogP contribution in [0.2, 0.25) is 0 Å². The van der Waals surface area contributed by atoms with Crippen LogP contribution in [0.3, 0.4) is 0 Å². The van der Waals surface area contributed by atoms with E-state index in [1.807, 2.05) is 60.5 Å². The maximum atomic E-state index is 12.4. The number of nitrogens with one attached hydrogen (secondary N) is 1. The Hall–Kier alpha value is -3.15. The number of halogens is 1. The molecular formula is C19H19FN4O. The van der Waals surface area contributed by atoms with E-state index in [2.05, 4.69) is 15.5 Å². The molecule has 3 aromatic rings. The summed E-state index contributed by atoms with van der Waals surface area (Å²) in [6.07, 6.45) is 4.82. The van der Waals surface area contributed by atoms with Gasteiger partial charge in [-0.15, -0.1) is 0 Å². The van der Waals surface area contributed by atoms with E-state index in [4.69, 9.17) is 4.42 Å². The van der Waals surface area contributed by atoms with Crippen LogP contribution in [-0.4, -0.2) is 31.5 Å². The van der Waals surface area contributed by atoms with E-state index in [9.17, 15) is 4.39 Å². The minimum atomic E-state index is -0.362. The summed E-state index contributed by atoms with van der Waals surface area (Å²) in [5.74, 6) is 0.730. The number of anilines is 2. The summed E-state index contributed by atoms with van der Waals surface area (Å²) >= 11 is 0. The third kappa shape index (κ3) is 4.44. The van der Waals surface area contributed by atoms with Crippen LogP contribution in [0.15, 0.2) is 70.6 Å².